The topological polar surface area (TPSA) is 60.0 Å². The first kappa shape index (κ1) is 17.4. The first-order chi connectivity index (χ1) is 12.1. The molecule has 25 heavy (non-hydrogen) atoms. The van der Waals surface area contributed by atoms with E-state index in [-0.39, 0.29) is 6.04 Å². The summed E-state index contributed by atoms with van der Waals surface area (Å²) in [6.45, 7) is 2.32. The van der Waals surface area contributed by atoms with Crippen LogP contribution >= 0.6 is 0 Å². The second-order valence-corrected chi connectivity index (χ2v) is 6.53. The van der Waals surface area contributed by atoms with Crippen molar-refractivity contribution in [2.75, 3.05) is 39.2 Å². The van der Waals surface area contributed by atoms with E-state index in [9.17, 15) is 4.79 Å². The van der Waals surface area contributed by atoms with Crippen LogP contribution in [0.25, 0.3) is 0 Å². The van der Waals surface area contributed by atoms with Gasteiger partial charge in [-0.05, 0) is 25.3 Å². The van der Waals surface area contributed by atoms with Crippen molar-refractivity contribution < 1.29 is 19.0 Å². The van der Waals surface area contributed by atoms with E-state index in [2.05, 4.69) is 16.1 Å². The third-order valence-electron chi connectivity index (χ3n) is 5.10. The van der Waals surface area contributed by atoms with Gasteiger partial charge < -0.3 is 14.2 Å². The Morgan fingerprint density at radius 3 is 2.60 bits per heavy atom. The number of nitrogens with one attached hydrogen (secondary N) is 1. The number of fused-ring (bicyclic) bond motifs is 3. The second-order valence-electron chi connectivity index (χ2n) is 6.53. The fourth-order valence-corrected chi connectivity index (χ4v) is 3.71. The summed E-state index contributed by atoms with van der Waals surface area (Å²) in [6, 6.07) is 5.43. The van der Waals surface area contributed by atoms with Gasteiger partial charge in [0.15, 0.2) is 0 Å². The van der Waals surface area contributed by atoms with Crippen molar-refractivity contribution in [3.05, 3.63) is 18.2 Å². The Balaban J connectivity index is 1.53. The Hall–Kier alpha value is -2.39. The fourth-order valence-electron chi connectivity index (χ4n) is 3.71. The highest BCUT2D eigenvalue weighted by atomic mass is 16.5. The van der Waals surface area contributed by atoms with Crippen molar-refractivity contribution in [3.8, 4) is 23.8 Å². The highest BCUT2D eigenvalue weighted by molar-refractivity contribution is 5.85. The van der Waals surface area contributed by atoms with Gasteiger partial charge in [0, 0.05) is 36.7 Å². The lowest BCUT2D eigenvalue weighted by molar-refractivity contribution is -0.00665. The van der Waals surface area contributed by atoms with Crippen molar-refractivity contribution in [1.82, 2.24) is 4.90 Å². The van der Waals surface area contributed by atoms with Crippen LogP contribution in [0.1, 0.15) is 12.8 Å². The molecule has 1 amide bonds. The lowest BCUT2D eigenvalue weighted by Gasteiger charge is -2.48. The van der Waals surface area contributed by atoms with Crippen LogP contribution in [-0.4, -0.2) is 51.0 Å². The van der Waals surface area contributed by atoms with Crippen LogP contribution in [0.3, 0.4) is 0 Å². The molecule has 2 bridgehead atoms. The van der Waals surface area contributed by atoms with Gasteiger partial charge in [-0.3, -0.25) is 10.2 Å². The molecule has 1 aromatic carbocycles. The van der Waals surface area contributed by atoms with Gasteiger partial charge in [0.2, 0.25) is 0 Å². The van der Waals surface area contributed by atoms with Gasteiger partial charge in [-0.2, -0.15) is 0 Å². The molecule has 4 unspecified atom stereocenters. The number of ether oxygens (including phenoxy) is 3. The number of hydrogen-bond donors (Lipinski definition) is 1. The third kappa shape index (κ3) is 3.99. The van der Waals surface area contributed by atoms with Gasteiger partial charge in [0.25, 0.3) is 0 Å². The molecule has 134 valence electrons. The maximum absolute atomic E-state index is 12.1. The molecule has 3 heterocycles. The largest absolute Gasteiger partial charge is 0.497 e. The van der Waals surface area contributed by atoms with E-state index in [0.29, 0.717) is 35.6 Å². The molecule has 3 aliphatic heterocycles. The minimum absolute atomic E-state index is 0.258. The summed E-state index contributed by atoms with van der Waals surface area (Å²) in [5, 5.41) is 2.72. The van der Waals surface area contributed by atoms with Crippen LogP contribution in [-0.2, 0) is 4.74 Å². The number of nitrogens with zero attached hydrogens (tertiary/aromatic N) is 1. The number of piperidine rings is 3. The molecule has 3 aliphatic rings. The highest BCUT2D eigenvalue weighted by Crippen LogP contribution is 2.36. The lowest BCUT2D eigenvalue weighted by atomic mass is 9.76. The van der Waals surface area contributed by atoms with Crippen molar-refractivity contribution in [3.63, 3.8) is 0 Å². The zero-order chi connectivity index (χ0) is 17.8. The quantitative estimate of drug-likeness (QED) is 0.832. The van der Waals surface area contributed by atoms with Gasteiger partial charge >= 0.3 is 6.09 Å². The molecule has 6 heteroatoms. The van der Waals surface area contributed by atoms with Crippen molar-refractivity contribution in [2.24, 2.45) is 11.8 Å². The number of benzene rings is 1. The van der Waals surface area contributed by atoms with Gasteiger partial charge in [-0.1, -0.05) is 0 Å². The first-order valence-electron chi connectivity index (χ1n) is 8.50. The molecule has 0 aliphatic carbocycles. The Kier molecular flexibility index (Phi) is 5.34. The average molecular weight is 344 g/mol. The SMILES string of the molecule is C#CC1CN2CCC1CC2COC(=O)Nc1cc(OC)cc(OC)c1. The maximum atomic E-state index is 12.1. The van der Waals surface area contributed by atoms with Crippen LogP contribution < -0.4 is 14.8 Å². The van der Waals surface area contributed by atoms with E-state index >= 15 is 0 Å². The zero-order valence-electron chi connectivity index (χ0n) is 14.7. The summed E-state index contributed by atoms with van der Waals surface area (Å²) in [5.41, 5.74) is 0.569. The molecule has 3 saturated heterocycles. The van der Waals surface area contributed by atoms with E-state index < -0.39 is 6.09 Å². The molecule has 4 atom stereocenters. The van der Waals surface area contributed by atoms with Gasteiger partial charge in [0.1, 0.15) is 18.1 Å². The molecule has 0 radical (unpaired) electrons. The van der Waals surface area contributed by atoms with Crippen molar-refractivity contribution in [1.29, 1.82) is 0 Å². The van der Waals surface area contributed by atoms with Gasteiger partial charge in [-0.15, -0.1) is 12.3 Å². The summed E-state index contributed by atoms with van der Waals surface area (Å²) in [4.78, 5) is 14.5. The third-order valence-corrected chi connectivity index (χ3v) is 5.10. The number of carbonyl (C=O) groups excluding carboxylic acids is 1. The predicted octanol–water partition coefficient (Wildman–Crippen LogP) is 2.60. The number of rotatable bonds is 5. The normalized spacial score (nSPS) is 27.2. The van der Waals surface area contributed by atoms with Crippen LogP contribution in [0.4, 0.5) is 10.5 Å². The second kappa shape index (κ2) is 7.66. The predicted molar refractivity (Wildman–Crippen MR) is 94.9 cm³/mol. The Bertz CT molecular complexity index is 648. The number of hydrogen-bond acceptors (Lipinski definition) is 5. The number of terminal acetylenes is 1. The molecular formula is C19H24N2O4. The van der Waals surface area contributed by atoms with Crippen LogP contribution in [0, 0.1) is 24.2 Å². The molecule has 1 N–H and O–H groups in total. The summed E-state index contributed by atoms with van der Waals surface area (Å²) in [5.74, 6) is 4.98. The van der Waals surface area contributed by atoms with Crippen molar-refractivity contribution in [2.45, 2.75) is 18.9 Å². The standard InChI is InChI=1S/C19H24N2O4/c1-4-13-11-21-6-5-14(13)7-16(21)12-25-19(22)20-15-8-17(23-2)10-18(9-15)24-3/h1,8-10,13-14,16H,5-7,11-12H2,2-3H3,(H,20,22). The van der Waals surface area contributed by atoms with E-state index in [1.54, 1.807) is 32.4 Å². The molecule has 4 rings (SSSR count). The van der Waals surface area contributed by atoms with Crippen LogP contribution in [0.2, 0.25) is 0 Å². The Morgan fingerprint density at radius 2 is 2.04 bits per heavy atom. The summed E-state index contributed by atoms with van der Waals surface area (Å²) >= 11 is 0. The molecule has 0 saturated carbocycles. The number of carbonyl (C=O) groups is 1. The summed E-state index contributed by atoms with van der Waals surface area (Å²) in [7, 11) is 3.12. The maximum Gasteiger partial charge on any atom is 0.411 e. The van der Waals surface area contributed by atoms with Crippen LogP contribution in [0.5, 0.6) is 11.5 Å². The molecule has 1 aromatic rings. The lowest BCUT2D eigenvalue weighted by Crippen LogP contribution is -2.54. The number of methoxy groups -OCH3 is 2. The molecule has 0 spiro atoms. The zero-order valence-corrected chi connectivity index (χ0v) is 14.7. The van der Waals surface area contributed by atoms with E-state index in [4.69, 9.17) is 20.6 Å². The monoisotopic (exact) mass is 344 g/mol. The van der Waals surface area contributed by atoms with E-state index in [1.165, 1.54) is 0 Å². The summed E-state index contributed by atoms with van der Waals surface area (Å²) < 4.78 is 15.8. The van der Waals surface area contributed by atoms with E-state index in [1.807, 2.05) is 0 Å². The number of amides is 1. The number of anilines is 1. The molecule has 3 fully saturated rings. The smallest absolute Gasteiger partial charge is 0.411 e. The Morgan fingerprint density at radius 1 is 1.32 bits per heavy atom. The van der Waals surface area contributed by atoms with Gasteiger partial charge in [-0.25, -0.2) is 4.79 Å². The van der Waals surface area contributed by atoms with Gasteiger partial charge in [0.05, 0.1) is 19.9 Å². The minimum Gasteiger partial charge on any atom is -0.497 e. The molecule has 6 nitrogen and oxygen atoms in total. The van der Waals surface area contributed by atoms with E-state index in [0.717, 1.165) is 25.9 Å². The fraction of sp³-hybridized carbons (Fsp3) is 0.526. The Labute approximate surface area is 148 Å². The summed E-state index contributed by atoms with van der Waals surface area (Å²) in [6.07, 6.45) is 7.25. The van der Waals surface area contributed by atoms with Crippen molar-refractivity contribution >= 4 is 11.8 Å². The molecular weight excluding hydrogens is 320 g/mol. The average Bonchev–Trinajstić information content (AvgIpc) is 2.66. The highest BCUT2D eigenvalue weighted by Gasteiger charge is 2.39. The van der Waals surface area contributed by atoms with Crippen LogP contribution in [0.15, 0.2) is 18.2 Å². The first-order valence-corrected chi connectivity index (χ1v) is 8.50. The minimum atomic E-state index is -0.480. The molecule has 0 aromatic heterocycles.